The van der Waals surface area contributed by atoms with Crippen molar-refractivity contribution in [3.63, 3.8) is 0 Å². The molecule has 0 saturated heterocycles. The summed E-state index contributed by atoms with van der Waals surface area (Å²) in [6, 6.07) is 5.01. The third kappa shape index (κ3) is 4.02. The van der Waals surface area contributed by atoms with Gasteiger partial charge >= 0.3 is 5.97 Å². The maximum Gasteiger partial charge on any atom is 0.328 e. The molecule has 1 atom stereocenters. The molecule has 1 aromatic rings. The Bertz CT molecular complexity index is 481. The number of Topliss-reactive ketones (excluding diaryl/α,β-unsaturated/α-hetero) is 1. The summed E-state index contributed by atoms with van der Waals surface area (Å²) < 4.78 is 0. The Labute approximate surface area is 113 Å². The van der Waals surface area contributed by atoms with E-state index in [1.54, 1.807) is 25.1 Å². The lowest BCUT2D eigenvalue weighted by Gasteiger charge is -2.07. The molecule has 1 N–H and O–H groups in total. The number of benzene rings is 1. The molecule has 0 heterocycles. The first-order valence-electron chi connectivity index (χ1n) is 4.84. The molecule has 3 nitrogen and oxygen atoms in total. The molecule has 1 unspecified atom stereocenters. The zero-order valence-electron chi connectivity index (χ0n) is 9.05. The van der Waals surface area contributed by atoms with Crippen molar-refractivity contribution in [1.82, 2.24) is 0 Å². The number of thiol groups is 1. The van der Waals surface area contributed by atoms with Crippen LogP contribution in [0, 0.1) is 0 Å². The average molecular weight is 315 g/mol. The van der Waals surface area contributed by atoms with Gasteiger partial charge in [0.1, 0.15) is 0 Å². The zero-order valence-corrected chi connectivity index (χ0v) is 11.5. The molecule has 1 aromatic carbocycles. The molecule has 0 aliphatic rings. The number of aliphatic carboxylic acids is 1. The van der Waals surface area contributed by atoms with E-state index in [1.165, 1.54) is 6.08 Å². The van der Waals surface area contributed by atoms with Crippen LogP contribution in [0.5, 0.6) is 0 Å². The molecular weight excluding hydrogens is 304 g/mol. The highest BCUT2D eigenvalue weighted by atomic mass is 79.9. The summed E-state index contributed by atoms with van der Waals surface area (Å²) in [6.07, 6.45) is 2.40. The maximum absolute atomic E-state index is 11.9. The first kappa shape index (κ1) is 14.0. The molecule has 0 spiro atoms. The van der Waals surface area contributed by atoms with Crippen molar-refractivity contribution >= 4 is 46.4 Å². The molecule has 0 aromatic heterocycles. The summed E-state index contributed by atoms with van der Waals surface area (Å²) in [6.45, 7) is 1.72. The molecule has 17 heavy (non-hydrogen) atoms. The number of carboxylic acids is 1. The molecule has 1 rings (SSSR count). The van der Waals surface area contributed by atoms with Crippen LogP contribution in [-0.4, -0.2) is 21.7 Å². The number of hydrogen-bond donors (Lipinski definition) is 2. The summed E-state index contributed by atoms with van der Waals surface area (Å²) in [5, 5.41) is 8.57. The normalized spacial score (nSPS) is 12.6. The van der Waals surface area contributed by atoms with Gasteiger partial charge in [0.25, 0.3) is 0 Å². The molecule has 5 heteroatoms. The Balaban J connectivity index is 3.21. The SMILES string of the molecule is CC(Br)C(=O)c1cc(S)ccc1C=CC(=O)O. The van der Waals surface area contributed by atoms with Gasteiger partial charge in [-0.2, -0.15) is 0 Å². The minimum absolute atomic E-state index is 0.106. The van der Waals surface area contributed by atoms with Crippen molar-refractivity contribution in [2.45, 2.75) is 16.6 Å². The standard InChI is InChI=1S/C12H11BrO3S/c1-7(13)12(16)10-6-9(17)4-2-8(10)3-5-11(14)15/h2-7,17H,1H3,(H,14,15). The molecule has 0 amide bonds. The van der Waals surface area contributed by atoms with Crippen LogP contribution in [0.4, 0.5) is 0 Å². The number of carbonyl (C=O) groups is 2. The van der Waals surface area contributed by atoms with E-state index in [9.17, 15) is 9.59 Å². The van der Waals surface area contributed by atoms with Crippen LogP contribution in [-0.2, 0) is 4.79 Å². The third-order valence-electron chi connectivity index (χ3n) is 2.07. The lowest BCUT2D eigenvalue weighted by molar-refractivity contribution is -0.131. The maximum atomic E-state index is 11.9. The molecular formula is C12H11BrO3S. The van der Waals surface area contributed by atoms with E-state index >= 15 is 0 Å². The number of carboxylic acid groups (broad SMARTS) is 1. The van der Waals surface area contributed by atoms with Crippen molar-refractivity contribution in [3.8, 4) is 0 Å². The smallest absolute Gasteiger partial charge is 0.328 e. The van der Waals surface area contributed by atoms with Crippen LogP contribution < -0.4 is 0 Å². The highest BCUT2D eigenvalue weighted by Gasteiger charge is 2.15. The number of ketones is 1. The lowest BCUT2D eigenvalue weighted by atomic mass is 10.0. The van der Waals surface area contributed by atoms with Crippen molar-refractivity contribution in [2.75, 3.05) is 0 Å². The van der Waals surface area contributed by atoms with Crippen LogP contribution in [0.1, 0.15) is 22.8 Å². The Hall–Kier alpha value is -1.07. The van der Waals surface area contributed by atoms with Crippen molar-refractivity contribution in [2.24, 2.45) is 0 Å². The second-order valence-corrected chi connectivity index (χ2v) is 5.31. The van der Waals surface area contributed by atoms with Crippen molar-refractivity contribution in [3.05, 3.63) is 35.4 Å². The van der Waals surface area contributed by atoms with Gasteiger partial charge in [0.2, 0.25) is 0 Å². The summed E-state index contributed by atoms with van der Waals surface area (Å²) in [7, 11) is 0. The average Bonchev–Trinajstić information content (AvgIpc) is 2.26. The van der Waals surface area contributed by atoms with Gasteiger partial charge in [0, 0.05) is 16.5 Å². The van der Waals surface area contributed by atoms with Gasteiger partial charge in [0.15, 0.2) is 5.78 Å². The molecule has 0 saturated carbocycles. The van der Waals surface area contributed by atoms with E-state index in [0.717, 1.165) is 6.08 Å². The Morgan fingerprint density at radius 2 is 2.12 bits per heavy atom. The molecule has 0 radical (unpaired) electrons. The molecule has 0 aliphatic heterocycles. The van der Waals surface area contributed by atoms with Crippen LogP contribution in [0.3, 0.4) is 0 Å². The second-order valence-electron chi connectivity index (χ2n) is 3.42. The third-order valence-corrected chi connectivity index (χ3v) is 2.76. The van der Waals surface area contributed by atoms with Crippen LogP contribution in [0.15, 0.2) is 29.2 Å². The monoisotopic (exact) mass is 314 g/mol. The summed E-state index contributed by atoms with van der Waals surface area (Å²) in [4.78, 5) is 22.7. The van der Waals surface area contributed by atoms with Crippen molar-refractivity contribution < 1.29 is 14.7 Å². The first-order chi connectivity index (χ1) is 7.91. The molecule has 0 fully saturated rings. The van der Waals surface area contributed by atoms with Gasteiger partial charge in [-0.3, -0.25) is 4.79 Å². The quantitative estimate of drug-likeness (QED) is 0.389. The second kappa shape index (κ2) is 6.02. The lowest BCUT2D eigenvalue weighted by Crippen LogP contribution is -2.11. The number of alkyl halides is 1. The number of carbonyl (C=O) groups excluding carboxylic acids is 1. The minimum atomic E-state index is -1.05. The van der Waals surface area contributed by atoms with E-state index in [1.807, 2.05) is 0 Å². The van der Waals surface area contributed by atoms with Crippen molar-refractivity contribution in [1.29, 1.82) is 0 Å². The van der Waals surface area contributed by atoms with Gasteiger partial charge < -0.3 is 5.11 Å². The van der Waals surface area contributed by atoms with E-state index in [2.05, 4.69) is 28.6 Å². The summed E-state index contributed by atoms with van der Waals surface area (Å²) in [5.41, 5.74) is 1.03. The number of halogens is 1. The van der Waals surface area contributed by atoms with E-state index in [4.69, 9.17) is 5.11 Å². The minimum Gasteiger partial charge on any atom is -0.478 e. The first-order valence-corrected chi connectivity index (χ1v) is 6.20. The Kier molecular flexibility index (Phi) is 4.96. The number of hydrogen-bond acceptors (Lipinski definition) is 3. The van der Waals surface area contributed by atoms with Gasteiger partial charge in [-0.05, 0) is 30.7 Å². The summed E-state index contributed by atoms with van der Waals surface area (Å²) >= 11 is 7.37. The van der Waals surface area contributed by atoms with Gasteiger partial charge in [0.05, 0.1) is 4.83 Å². The Morgan fingerprint density at radius 3 is 2.65 bits per heavy atom. The largest absolute Gasteiger partial charge is 0.478 e. The van der Waals surface area contributed by atoms with Crippen LogP contribution >= 0.6 is 28.6 Å². The Morgan fingerprint density at radius 1 is 1.47 bits per heavy atom. The fourth-order valence-electron chi connectivity index (χ4n) is 1.28. The topological polar surface area (TPSA) is 54.4 Å². The molecule has 90 valence electrons. The van der Waals surface area contributed by atoms with E-state index in [-0.39, 0.29) is 10.6 Å². The van der Waals surface area contributed by atoms with Gasteiger partial charge in [-0.1, -0.05) is 22.0 Å². The fraction of sp³-hybridized carbons (Fsp3) is 0.167. The highest BCUT2D eigenvalue weighted by molar-refractivity contribution is 9.10. The molecule has 0 aliphatic carbocycles. The van der Waals surface area contributed by atoms with E-state index < -0.39 is 5.97 Å². The number of rotatable bonds is 4. The fourth-order valence-corrected chi connectivity index (χ4v) is 1.73. The van der Waals surface area contributed by atoms with Gasteiger partial charge in [-0.25, -0.2) is 4.79 Å². The van der Waals surface area contributed by atoms with Gasteiger partial charge in [-0.15, -0.1) is 12.6 Å². The summed E-state index contributed by atoms with van der Waals surface area (Å²) in [5.74, 6) is -1.16. The predicted molar refractivity (Wildman–Crippen MR) is 73.1 cm³/mol. The van der Waals surface area contributed by atoms with Crippen LogP contribution in [0.2, 0.25) is 0 Å². The predicted octanol–water partition coefficient (Wildman–Crippen LogP) is 3.04. The molecule has 0 bridgehead atoms. The van der Waals surface area contributed by atoms with E-state index in [0.29, 0.717) is 16.0 Å². The highest BCUT2D eigenvalue weighted by Crippen LogP contribution is 2.20. The zero-order chi connectivity index (χ0) is 13.0. The van der Waals surface area contributed by atoms with Crippen LogP contribution in [0.25, 0.3) is 6.08 Å².